The van der Waals surface area contributed by atoms with Crippen molar-refractivity contribution in [1.82, 2.24) is 0 Å². The number of carboxylic acid groups (broad SMARTS) is 1. The molecule has 0 radical (unpaired) electrons. The van der Waals surface area contributed by atoms with Crippen LogP contribution in [0.1, 0.15) is 11.1 Å². The molecule has 0 spiro atoms. The van der Waals surface area contributed by atoms with E-state index in [4.69, 9.17) is 5.11 Å². The van der Waals surface area contributed by atoms with Gasteiger partial charge in [0.2, 0.25) is 0 Å². The Bertz CT molecular complexity index is 399. The number of aliphatic carboxylic acids is 1. The van der Waals surface area contributed by atoms with Crippen molar-refractivity contribution < 1.29 is 14.3 Å². The first kappa shape index (κ1) is 10.9. The highest BCUT2D eigenvalue weighted by Crippen LogP contribution is 2.21. The molecule has 0 unspecified atom stereocenters. The predicted molar refractivity (Wildman–Crippen MR) is 55.5 cm³/mol. The van der Waals surface area contributed by atoms with Gasteiger partial charge < -0.3 is 5.11 Å². The lowest BCUT2D eigenvalue weighted by molar-refractivity contribution is -0.131. The highest BCUT2D eigenvalue weighted by atomic mass is 79.9. The Morgan fingerprint density at radius 2 is 2.21 bits per heavy atom. The minimum atomic E-state index is -1.10. The van der Waals surface area contributed by atoms with Gasteiger partial charge in [-0.05, 0) is 46.6 Å². The molecule has 1 N–H and O–H groups in total. The molecule has 0 saturated heterocycles. The fraction of sp³-hybridized carbons (Fsp3) is 0.100. The van der Waals surface area contributed by atoms with Gasteiger partial charge in [-0.1, -0.05) is 0 Å². The molecule has 74 valence electrons. The van der Waals surface area contributed by atoms with Crippen LogP contribution in [-0.2, 0) is 4.79 Å². The van der Waals surface area contributed by atoms with Crippen molar-refractivity contribution >= 4 is 28.0 Å². The zero-order valence-corrected chi connectivity index (χ0v) is 9.01. The van der Waals surface area contributed by atoms with Crippen LogP contribution in [0.4, 0.5) is 4.39 Å². The number of rotatable bonds is 2. The molecular weight excluding hydrogens is 251 g/mol. The molecule has 2 nitrogen and oxygen atoms in total. The van der Waals surface area contributed by atoms with E-state index >= 15 is 0 Å². The number of hydrogen-bond donors (Lipinski definition) is 1. The Hall–Kier alpha value is -1.16. The van der Waals surface area contributed by atoms with E-state index in [0.717, 1.165) is 11.6 Å². The first-order chi connectivity index (χ1) is 6.50. The lowest BCUT2D eigenvalue weighted by atomic mass is 10.1. The molecule has 0 fully saturated rings. The van der Waals surface area contributed by atoms with Gasteiger partial charge in [0.15, 0.2) is 0 Å². The molecule has 0 atom stereocenters. The fourth-order valence-corrected chi connectivity index (χ4v) is 1.62. The second-order valence-electron chi connectivity index (χ2n) is 2.82. The number of carbonyl (C=O) groups is 1. The molecule has 0 aliphatic rings. The summed E-state index contributed by atoms with van der Waals surface area (Å²) in [5, 5.41) is 8.38. The summed E-state index contributed by atoms with van der Waals surface area (Å²) in [6, 6.07) is 3.22. The third kappa shape index (κ3) is 2.67. The van der Waals surface area contributed by atoms with E-state index in [-0.39, 0.29) is 5.56 Å². The number of benzene rings is 1. The lowest BCUT2D eigenvalue weighted by Crippen LogP contribution is -1.89. The predicted octanol–water partition coefficient (Wildman–Crippen LogP) is 2.99. The SMILES string of the molecule is Cc1cc(Br)c(F)c(/C=C/C(=O)O)c1. The maximum absolute atomic E-state index is 13.3. The molecule has 1 aromatic carbocycles. The average molecular weight is 259 g/mol. The third-order valence-corrected chi connectivity index (χ3v) is 2.18. The largest absolute Gasteiger partial charge is 0.478 e. The molecule has 0 aliphatic heterocycles. The van der Waals surface area contributed by atoms with Crippen molar-refractivity contribution in [2.75, 3.05) is 0 Å². The second kappa shape index (κ2) is 4.37. The van der Waals surface area contributed by atoms with Crippen molar-refractivity contribution in [2.24, 2.45) is 0 Å². The summed E-state index contributed by atoms with van der Waals surface area (Å²) in [5.74, 6) is -1.55. The van der Waals surface area contributed by atoms with Crippen LogP contribution in [0.15, 0.2) is 22.7 Å². The molecule has 0 amide bonds. The van der Waals surface area contributed by atoms with Crippen LogP contribution < -0.4 is 0 Å². The van der Waals surface area contributed by atoms with Crippen LogP contribution in [-0.4, -0.2) is 11.1 Å². The van der Waals surface area contributed by atoms with Crippen molar-refractivity contribution in [3.8, 4) is 0 Å². The van der Waals surface area contributed by atoms with Gasteiger partial charge in [0.1, 0.15) is 5.82 Å². The molecule has 0 saturated carbocycles. The standard InChI is InChI=1S/C10H8BrFO2/c1-6-4-7(2-3-9(13)14)10(12)8(11)5-6/h2-5H,1H3,(H,13,14)/b3-2+. The summed E-state index contributed by atoms with van der Waals surface area (Å²) in [4.78, 5) is 10.2. The van der Waals surface area contributed by atoms with Gasteiger partial charge >= 0.3 is 5.97 Å². The van der Waals surface area contributed by atoms with E-state index in [1.807, 2.05) is 6.92 Å². The maximum Gasteiger partial charge on any atom is 0.328 e. The van der Waals surface area contributed by atoms with Crippen molar-refractivity contribution in [3.05, 3.63) is 39.6 Å². The monoisotopic (exact) mass is 258 g/mol. The molecule has 1 aromatic rings. The molecule has 0 bridgehead atoms. The van der Waals surface area contributed by atoms with Crippen LogP contribution >= 0.6 is 15.9 Å². The van der Waals surface area contributed by atoms with Gasteiger partial charge in [-0.2, -0.15) is 0 Å². The summed E-state index contributed by atoms with van der Waals surface area (Å²) in [5.41, 5.74) is 1.13. The highest BCUT2D eigenvalue weighted by Gasteiger charge is 2.04. The number of halogens is 2. The Morgan fingerprint density at radius 1 is 1.57 bits per heavy atom. The maximum atomic E-state index is 13.3. The summed E-state index contributed by atoms with van der Waals surface area (Å²) in [6.07, 6.45) is 2.14. The van der Waals surface area contributed by atoms with Gasteiger partial charge in [0, 0.05) is 11.6 Å². The van der Waals surface area contributed by atoms with Crippen molar-refractivity contribution in [1.29, 1.82) is 0 Å². The smallest absolute Gasteiger partial charge is 0.328 e. The van der Waals surface area contributed by atoms with E-state index in [0.29, 0.717) is 4.47 Å². The zero-order chi connectivity index (χ0) is 10.7. The van der Waals surface area contributed by atoms with Crippen molar-refractivity contribution in [3.63, 3.8) is 0 Å². The molecule has 0 heterocycles. The van der Waals surface area contributed by atoms with Gasteiger partial charge in [0.25, 0.3) is 0 Å². The molecular formula is C10H8BrFO2. The van der Waals surface area contributed by atoms with Crippen molar-refractivity contribution in [2.45, 2.75) is 6.92 Å². The normalized spacial score (nSPS) is 10.8. The number of aryl methyl sites for hydroxylation is 1. The van der Waals surface area contributed by atoms with Gasteiger partial charge in [0.05, 0.1) is 4.47 Å². The molecule has 1 rings (SSSR count). The fourth-order valence-electron chi connectivity index (χ4n) is 1.03. The molecule has 14 heavy (non-hydrogen) atoms. The zero-order valence-electron chi connectivity index (χ0n) is 7.42. The average Bonchev–Trinajstić information content (AvgIpc) is 2.08. The van der Waals surface area contributed by atoms with E-state index in [2.05, 4.69) is 15.9 Å². The van der Waals surface area contributed by atoms with Crippen LogP contribution in [0, 0.1) is 12.7 Å². The van der Waals surface area contributed by atoms with Gasteiger partial charge in [-0.25, -0.2) is 9.18 Å². The van der Waals surface area contributed by atoms with E-state index in [1.165, 1.54) is 6.08 Å². The van der Waals surface area contributed by atoms with Gasteiger partial charge in [-0.15, -0.1) is 0 Å². The summed E-state index contributed by atoms with van der Waals surface area (Å²) in [7, 11) is 0. The highest BCUT2D eigenvalue weighted by molar-refractivity contribution is 9.10. The van der Waals surface area contributed by atoms with Crippen LogP contribution in [0.2, 0.25) is 0 Å². The van der Waals surface area contributed by atoms with E-state index in [1.54, 1.807) is 12.1 Å². The Labute approximate surface area is 89.2 Å². The van der Waals surface area contributed by atoms with Crippen LogP contribution in [0.5, 0.6) is 0 Å². The summed E-state index contributed by atoms with van der Waals surface area (Å²) in [6.45, 7) is 1.81. The van der Waals surface area contributed by atoms with E-state index in [9.17, 15) is 9.18 Å². The number of hydrogen-bond acceptors (Lipinski definition) is 1. The molecule has 0 aromatic heterocycles. The van der Waals surface area contributed by atoms with Gasteiger partial charge in [-0.3, -0.25) is 0 Å². The minimum absolute atomic E-state index is 0.263. The lowest BCUT2D eigenvalue weighted by Gasteiger charge is -2.01. The van der Waals surface area contributed by atoms with Crippen LogP contribution in [0.3, 0.4) is 0 Å². The Morgan fingerprint density at radius 3 is 2.79 bits per heavy atom. The first-order valence-electron chi connectivity index (χ1n) is 3.87. The summed E-state index contributed by atoms with van der Waals surface area (Å²) < 4.78 is 13.7. The van der Waals surface area contributed by atoms with E-state index < -0.39 is 11.8 Å². The Balaban J connectivity index is 3.14. The quantitative estimate of drug-likeness (QED) is 0.829. The topological polar surface area (TPSA) is 37.3 Å². The first-order valence-corrected chi connectivity index (χ1v) is 4.66. The molecule has 4 heteroatoms. The second-order valence-corrected chi connectivity index (χ2v) is 3.68. The number of carboxylic acids is 1. The Kier molecular flexibility index (Phi) is 3.41. The minimum Gasteiger partial charge on any atom is -0.478 e. The summed E-state index contributed by atoms with van der Waals surface area (Å²) >= 11 is 3.05. The van der Waals surface area contributed by atoms with Crippen LogP contribution in [0.25, 0.3) is 6.08 Å². The third-order valence-electron chi connectivity index (χ3n) is 1.61. The molecule has 0 aliphatic carbocycles.